The zero-order valence-corrected chi connectivity index (χ0v) is 16.1. The van der Waals surface area contributed by atoms with Crippen molar-refractivity contribution in [2.45, 2.75) is 18.4 Å². The van der Waals surface area contributed by atoms with Crippen molar-refractivity contribution in [3.8, 4) is 11.1 Å². The molecule has 2 aliphatic rings. The summed E-state index contributed by atoms with van der Waals surface area (Å²) in [6.45, 7) is 1.08. The van der Waals surface area contributed by atoms with Crippen LogP contribution in [0.25, 0.3) is 11.1 Å². The Labute approximate surface area is 167 Å². The number of amides is 1. The van der Waals surface area contributed by atoms with Crippen molar-refractivity contribution in [2.24, 2.45) is 0 Å². The van der Waals surface area contributed by atoms with Crippen molar-refractivity contribution in [3.63, 3.8) is 0 Å². The standard InChI is InChI=1S/C23H19NO3S/c25-21(17-8-6-16(7-9-17)18-10-13-28-14-18)24-12-3-11-23(15-24)20-5-2-1-4-19(20)22(26)27-23/h1-2,4-10,13-14H,3,11-12,15H2/t23-/m1/s1. The van der Waals surface area contributed by atoms with Crippen LogP contribution < -0.4 is 0 Å². The van der Waals surface area contributed by atoms with Gasteiger partial charge in [0.05, 0.1) is 12.1 Å². The zero-order chi connectivity index (χ0) is 19.1. The number of carbonyl (C=O) groups excluding carboxylic acids is 2. The molecule has 1 saturated heterocycles. The zero-order valence-electron chi connectivity index (χ0n) is 15.3. The predicted molar refractivity (Wildman–Crippen MR) is 108 cm³/mol. The molecule has 2 aliphatic heterocycles. The number of carbonyl (C=O) groups is 2. The highest BCUT2D eigenvalue weighted by Crippen LogP contribution is 2.43. The minimum Gasteiger partial charge on any atom is -0.449 e. The molecule has 4 nitrogen and oxygen atoms in total. The van der Waals surface area contributed by atoms with Crippen LogP contribution in [0.4, 0.5) is 0 Å². The summed E-state index contributed by atoms with van der Waals surface area (Å²) in [5.41, 5.74) is 3.75. The van der Waals surface area contributed by atoms with E-state index in [0.29, 0.717) is 24.2 Å². The van der Waals surface area contributed by atoms with Gasteiger partial charge in [0.25, 0.3) is 5.91 Å². The molecule has 1 atom stereocenters. The molecule has 0 aliphatic carbocycles. The summed E-state index contributed by atoms with van der Waals surface area (Å²) in [4.78, 5) is 27.2. The van der Waals surface area contributed by atoms with Crippen molar-refractivity contribution < 1.29 is 14.3 Å². The molecule has 3 heterocycles. The van der Waals surface area contributed by atoms with Crippen LogP contribution in [0.5, 0.6) is 0 Å². The number of benzene rings is 2. The third-order valence-corrected chi connectivity index (χ3v) is 6.34. The van der Waals surface area contributed by atoms with E-state index in [0.717, 1.165) is 29.5 Å². The number of ether oxygens (including phenoxy) is 1. The molecule has 1 amide bonds. The van der Waals surface area contributed by atoms with Gasteiger partial charge in [-0.15, -0.1) is 0 Å². The molecule has 0 N–H and O–H groups in total. The number of hydrogen-bond donors (Lipinski definition) is 0. The SMILES string of the molecule is O=C1O[C@@]2(CCCN(C(=O)c3ccc(-c4ccsc4)cc3)C2)c2ccccc21. The molecular weight excluding hydrogens is 370 g/mol. The first-order valence-corrected chi connectivity index (χ1v) is 10.4. The first-order chi connectivity index (χ1) is 13.7. The number of fused-ring (bicyclic) bond motifs is 2. The lowest BCUT2D eigenvalue weighted by molar-refractivity contribution is -0.0442. The Morgan fingerprint density at radius 3 is 2.64 bits per heavy atom. The molecule has 0 radical (unpaired) electrons. The summed E-state index contributed by atoms with van der Waals surface area (Å²) in [5.74, 6) is -0.304. The van der Waals surface area contributed by atoms with Crippen LogP contribution in [0.15, 0.2) is 65.4 Å². The second kappa shape index (κ2) is 6.60. The number of nitrogens with zero attached hydrogens (tertiary/aromatic N) is 1. The van der Waals surface area contributed by atoms with Crippen molar-refractivity contribution in [2.75, 3.05) is 13.1 Å². The highest BCUT2D eigenvalue weighted by atomic mass is 32.1. The summed E-state index contributed by atoms with van der Waals surface area (Å²) in [6, 6.07) is 17.3. The lowest BCUT2D eigenvalue weighted by Crippen LogP contribution is -2.48. The number of hydrogen-bond acceptors (Lipinski definition) is 4. The number of likely N-dealkylation sites (tertiary alicyclic amines) is 1. The first kappa shape index (κ1) is 17.2. The molecule has 28 heavy (non-hydrogen) atoms. The van der Waals surface area contributed by atoms with Gasteiger partial charge in [0.15, 0.2) is 5.60 Å². The molecule has 3 aromatic rings. The molecular formula is C23H19NO3S. The van der Waals surface area contributed by atoms with Gasteiger partial charge in [-0.1, -0.05) is 30.3 Å². The van der Waals surface area contributed by atoms with Crippen molar-refractivity contribution in [1.29, 1.82) is 0 Å². The number of piperidine rings is 1. The topological polar surface area (TPSA) is 46.6 Å². The average molecular weight is 389 g/mol. The third kappa shape index (κ3) is 2.74. The van der Waals surface area contributed by atoms with Gasteiger partial charge < -0.3 is 9.64 Å². The maximum atomic E-state index is 13.1. The molecule has 1 aromatic heterocycles. The van der Waals surface area contributed by atoms with Gasteiger partial charge in [-0.3, -0.25) is 4.79 Å². The average Bonchev–Trinajstić information content (AvgIpc) is 3.36. The highest BCUT2D eigenvalue weighted by Gasteiger charge is 2.48. The van der Waals surface area contributed by atoms with Crippen molar-refractivity contribution >= 4 is 23.2 Å². The Hall–Kier alpha value is -2.92. The van der Waals surface area contributed by atoms with Gasteiger partial charge in [0, 0.05) is 17.7 Å². The summed E-state index contributed by atoms with van der Waals surface area (Å²) in [6.07, 6.45) is 1.55. The van der Waals surface area contributed by atoms with E-state index in [1.54, 1.807) is 17.4 Å². The van der Waals surface area contributed by atoms with Crippen LogP contribution in [0.1, 0.15) is 39.1 Å². The van der Waals surface area contributed by atoms with Crippen LogP contribution in [0.3, 0.4) is 0 Å². The molecule has 2 aromatic carbocycles. The summed E-state index contributed by atoms with van der Waals surface area (Å²) in [5, 5.41) is 4.14. The van der Waals surface area contributed by atoms with Crippen LogP contribution in [-0.4, -0.2) is 29.9 Å². The van der Waals surface area contributed by atoms with Gasteiger partial charge in [0.1, 0.15) is 0 Å². The fourth-order valence-corrected chi connectivity index (χ4v) is 4.93. The van der Waals surface area contributed by atoms with Crippen LogP contribution in [0, 0.1) is 0 Å². The Morgan fingerprint density at radius 2 is 1.86 bits per heavy atom. The van der Waals surface area contributed by atoms with Gasteiger partial charge in [-0.2, -0.15) is 11.3 Å². The lowest BCUT2D eigenvalue weighted by Gasteiger charge is -2.39. The van der Waals surface area contributed by atoms with E-state index >= 15 is 0 Å². The molecule has 1 fully saturated rings. The Kier molecular flexibility index (Phi) is 4.05. The molecule has 0 saturated carbocycles. The van der Waals surface area contributed by atoms with E-state index in [1.807, 2.05) is 52.7 Å². The Balaban J connectivity index is 1.40. The van der Waals surface area contributed by atoms with E-state index in [-0.39, 0.29) is 11.9 Å². The first-order valence-electron chi connectivity index (χ1n) is 9.41. The fourth-order valence-electron chi connectivity index (χ4n) is 4.26. The van der Waals surface area contributed by atoms with Crippen LogP contribution in [-0.2, 0) is 10.3 Å². The quantitative estimate of drug-likeness (QED) is 0.596. The normalized spacial score (nSPS) is 20.9. The van der Waals surface area contributed by atoms with Crippen LogP contribution >= 0.6 is 11.3 Å². The minimum absolute atomic E-state index is 0.0172. The highest BCUT2D eigenvalue weighted by molar-refractivity contribution is 7.08. The maximum Gasteiger partial charge on any atom is 0.339 e. The second-order valence-electron chi connectivity index (χ2n) is 7.35. The largest absolute Gasteiger partial charge is 0.449 e. The molecule has 140 valence electrons. The molecule has 5 rings (SSSR count). The van der Waals surface area contributed by atoms with E-state index in [9.17, 15) is 9.59 Å². The number of thiophene rings is 1. The third-order valence-electron chi connectivity index (χ3n) is 5.65. The van der Waals surface area contributed by atoms with Gasteiger partial charge in [-0.25, -0.2) is 4.79 Å². The van der Waals surface area contributed by atoms with E-state index in [4.69, 9.17) is 4.74 Å². The van der Waals surface area contributed by atoms with Crippen molar-refractivity contribution in [3.05, 3.63) is 82.0 Å². The molecule has 0 unspecified atom stereocenters. The maximum absolute atomic E-state index is 13.1. The van der Waals surface area contributed by atoms with Gasteiger partial charge in [0.2, 0.25) is 0 Å². The van der Waals surface area contributed by atoms with E-state index in [1.165, 1.54) is 0 Å². The Bertz CT molecular complexity index is 1040. The summed E-state index contributed by atoms with van der Waals surface area (Å²) < 4.78 is 5.81. The smallest absolute Gasteiger partial charge is 0.339 e. The molecule has 1 spiro atoms. The minimum atomic E-state index is -0.710. The van der Waals surface area contributed by atoms with Crippen LogP contribution in [0.2, 0.25) is 0 Å². The number of esters is 1. The lowest BCUT2D eigenvalue weighted by atomic mass is 9.85. The Morgan fingerprint density at radius 1 is 1.04 bits per heavy atom. The second-order valence-corrected chi connectivity index (χ2v) is 8.13. The van der Waals surface area contributed by atoms with E-state index < -0.39 is 5.60 Å². The van der Waals surface area contributed by atoms with Gasteiger partial charge in [-0.05, 0) is 59.0 Å². The summed E-state index contributed by atoms with van der Waals surface area (Å²) in [7, 11) is 0. The number of rotatable bonds is 2. The monoisotopic (exact) mass is 389 g/mol. The predicted octanol–water partition coefficient (Wildman–Crippen LogP) is 4.72. The molecule has 5 heteroatoms. The molecule has 0 bridgehead atoms. The van der Waals surface area contributed by atoms with E-state index in [2.05, 4.69) is 11.4 Å². The van der Waals surface area contributed by atoms with Crippen molar-refractivity contribution in [1.82, 2.24) is 4.90 Å². The summed E-state index contributed by atoms with van der Waals surface area (Å²) >= 11 is 1.66. The fraction of sp³-hybridized carbons (Fsp3) is 0.217. The van der Waals surface area contributed by atoms with Gasteiger partial charge >= 0.3 is 5.97 Å².